The van der Waals surface area contributed by atoms with Crippen LogP contribution < -0.4 is 0 Å². The second kappa shape index (κ2) is 9.85. The van der Waals surface area contributed by atoms with Crippen molar-refractivity contribution in [2.24, 2.45) is 0 Å². The number of unbranched alkanes of at least 4 members (excludes halogenated alkanes) is 2. The maximum absolute atomic E-state index is 11.1. The summed E-state index contributed by atoms with van der Waals surface area (Å²) < 4.78 is 5.45. The number of carbonyl (C=O) groups is 1. The van der Waals surface area contributed by atoms with Crippen molar-refractivity contribution in [1.82, 2.24) is 10.1 Å². The van der Waals surface area contributed by atoms with Crippen LogP contribution in [0.25, 0.3) is 11.3 Å². The molecule has 28 heavy (non-hydrogen) atoms. The molecule has 0 aliphatic carbocycles. The lowest BCUT2D eigenvalue weighted by Crippen LogP contribution is -2.19. The van der Waals surface area contributed by atoms with Crippen LogP contribution in [0.4, 0.5) is 0 Å². The Bertz CT molecular complexity index is 890. The molecule has 3 aromatic rings. The molecule has 0 fully saturated rings. The van der Waals surface area contributed by atoms with Gasteiger partial charge in [-0.3, -0.25) is 0 Å². The third kappa shape index (κ3) is 5.79. The first-order valence-electron chi connectivity index (χ1n) is 9.63. The normalized spacial score (nSPS) is 11.1. The van der Waals surface area contributed by atoms with E-state index in [4.69, 9.17) is 9.63 Å². The van der Waals surface area contributed by atoms with Crippen molar-refractivity contribution in [3.8, 4) is 11.3 Å². The Morgan fingerprint density at radius 2 is 1.86 bits per heavy atom. The highest BCUT2D eigenvalue weighted by Crippen LogP contribution is 2.19. The zero-order valence-corrected chi connectivity index (χ0v) is 16.2. The molecule has 1 heterocycles. The van der Waals surface area contributed by atoms with E-state index in [1.807, 2.05) is 42.5 Å². The Hall–Kier alpha value is -2.92. The van der Waals surface area contributed by atoms with E-state index in [0.717, 1.165) is 61.4 Å². The monoisotopic (exact) mass is 378 g/mol. The molecule has 0 radical (unpaired) electrons. The molecule has 1 N–H and O–H groups in total. The van der Waals surface area contributed by atoms with Gasteiger partial charge in [0.1, 0.15) is 11.5 Å². The van der Waals surface area contributed by atoms with Crippen LogP contribution in [0.1, 0.15) is 40.9 Å². The van der Waals surface area contributed by atoms with Gasteiger partial charge in [0.15, 0.2) is 0 Å². The number of hydrogen-bond donors (Lipinski definition) is 1. The molecule has 2 aromatic carbocycles. The van der Waals surface area contributed by atoms with E-state index in [-0.39, 0.29) is 0 Å². The molecule has 0 aliphatic rings. The highest BCUT2D eigenvalue weighted by atomic mass is 16.5. The highest BCUT2D eigenvalue weighted by Gasteiger charge is 2.07. The van der Waals surface area contributed by atoms with Crippen LogP contribution in [-0.2, 0) is 13.0 Å². The van der Waals surface area contributed by atoms with Crippen LogP contribution in [-0.4, -0.2) is 34.7 Å². The fourth-order valence-corrected chi connectivity index (χ4v) is 3.23. The number of carboxylic acid groups (broad SMARTS) is 1. The first kappa shape index (κ1) is 19.8. The standard InChI is InChI=1S/C23H26N2O3/c1-25(17-18-9-8-12-20(15-18)23(26)27)14-7-3-6-13-21-16-22(24-28-21)19-10-4-2-5-11-19/h2,4-5,8-12,15-16H,3,6-7,13-14,17H2,1H3,(H,26,27). The summed E-state index contributed by atoms with van der Waals surface area (Å²) in [5, 5.41) is 13.2. The molecule has 1 aromatic heterocycles. The Morgan fingerprint density at radius 3 is 2.64 bits per heavy atom. The SMILES string of the molecule is CN(CCCCCc1cc(-c2ccccc2)no1)Cc1cccc(C(=O)O)c1. The first-order valence-corrected chi connectivity index (χ1v) is 9.63. The predicted octanol–water partition coefficient (Wildman–Crippen LogP) is 4.88. The Kier molecular flexibility index (Phi) is 6.98. The molecule has 0 unspecified atom stereocenters. The van der Waals surface area contributed by atoms with E-state index < -0.39 is 5.97 Å². The number of rotatable bonds is 10. The van der Waals surface area contributed by atoms with Crippen molar-refractivity contribution in [2.75, 3.05) is 13.6 Å². The fraction of sp³-hybridized carbons (Fsp3) is 0.304. The van der Waals surface area contributed by atoms with Crippen LogP contribution in [0.3, 0.4) is 0 Å². The highest BCUT2D eigenvalue weighted by molar-refractivity contribution is 5.87. The van der Waals surface area contributed by atoms with Gasteiger partial charge in [-0.2, -0.15) is 0 Å². The number of aryl methyl sites for hydroxylation is 1. The van der Waals surface area contributed by atoms with Crippen molar-refractivity contribution in [2.45, 2.75) is 32.2 Å². The quantitative estimate of drug-likeness (QED) is 0.509. The lowest BCUT2D eigenvalue weighted by atomic mass is 10.1. The average molecular weight is 378 g/mol. The molecule has 0 amide bonds. The molecular weight excluding hydrogens is 352 g/mol. The van der Waals surface area contributed by atoms with Gasteiger partial charge in [0.2, 0.25) is 0 Å². The summed E-state index contributed by atoms with van der Waals surface area (Å²) in [7, 11) is 2.07. The van der Waals surface area contributed by atoms with Crippen LogP contribution in [0.5, 0.6) is 0 Å². The third-order valence-electron chi connectivity index (χ3n) is 4.72. The minimum absolute atomic E-state index is 0.341. The molecule has 0 atom stereocenters. The van der Waals surface area contributed by atoms with E-state index in [1.165, 1.54) is 0 Å². The van der Waals surface area contributed by atoms with Crippen LogP contribution in [0.15, 0.2) is 65.2 Å². The number of nitrogens with zero attached hydrogens (tertiary/aromatic N) is 2. The molecule has 5 nitrogen and oxygen atoms in total. The minimum atomic E-state index is -0.882. The second-order valence-corrected chi connectivity index (χ2v) is 7.10. The number of aromatic carboxylic acids is 1. The fourth-order valence-electron chi connectivity index (χ4n) is 3.23. The molecule has 146 valence electrons. The zero-order valence-electron chi connectivity index (χ0n) is 16.2. The summed E-state index contributed by atoms with van der Waals surface area (Å²) in [5.41, 5.74) is 3.33. The number of carboxylic acids is 1. The van der Waals surface area contributed by atoms with Gasteiger partial charge in [-0.05, 0) is 44.1 Å². The smallest absolute Gasteiger partial charge is 0.335 e. The van der Waals surface area contributed by atoms with Gasteiger partial charge >= 0.3 is 5.97 Å². The summed E-state index contributed by atoms with van der Waals surface area (Å²) in [6.07, 6.45) is 4.16. The molecule has 0 bridgehead atoms. The van der Waals surface area contributed by atoms with Crippen molar-refractivity contribution in [3.05, 3.63) is 77.6 Å². The number of benzene rings is 2. The topological polar surface area (TPSA) is 66.6 Å². The molecule has 5 heteroatoms. The molecule has 0 spiro atoms. The Labute approximate surface area is 165 Å². The second-order valence-electron chi connectivity index (χ2n) is 7.10. The van der Waals surface area contributed by atoms with Gasteiger partial charge in [0.25, 0.3) is 0 Å². The van der Waals surface area contributed by atoms with Crippen LogP contribution in [0.2, 0.25) is 0 Å². The summed E-state index contributed by atoms with van der Waals surface area (Å²) in [5.74, 6) is 0.0463. The van der Waals surface area contributed by atoms with Crippen LogP contribution >= 0.6 is 0 Å². The van der Waals surface area contributed by atoms with E-state index in [1.54, 1.807) is 18.2 Å². The lowest BCUT2D eigenvalue weighted by molar-refractivity contribution is 0.0696. The number of aromatic nitrogens is 1. The molecular formula is C23H26N2O3. The largest absolute Gasteiger partial charge is 0.478 e. The maximum atomic E-state index is 11.1. The van der Waals surface area contributed by atoms with Crippen molar-refractivity contribution >= 4 is 5.97 Å². The molecule has 3 rings (SSSR count). The van der Waals surface area contributed by atoms with Crippen molar-refractivity contribution in [3.63, 3.8) is 0 Å². The summed E-state index contributed by atoms with van der Waals surface area (Å²) >= 11 is 0. The van der Waals surface area contributed by atoms with Gasteiger partial charge < -0.3 is 14.5 Å². The van der Waals surface area contributed by atoms with Crippen molar-refractivity contribution in [1.29, 1.82) is 0 Å². The van der Waals surface area contributed by atoms with Gasteiger partial charge in [0, 0.05) is 24.6 Å². The number of hydrogen-bond acceptors (Lipinski definition) is 4. The van der Waals surface area contributed by atoms with E-state index in [2.05, 4.69) is 17.1 Å². The third-order valence-corrected chi connectivity index (χ3v) is 4.72. The molecule has 0 aliphatic heterocycles. The van der Waals surface area contributed by atoms with E-state index >= 15 is 0 Å². The average Bonchev–Trinajstić information content (AvgIpc) is 3.17. The maximum Gasteiger partial charge on any atom is 0.335 e. The van der Waals surface area contributed by atoms with E-state index in [0.29, 0.717) is 5.56 Å². The minimum Gasteiger partial charge on any atom is -0.478 e. The summed E-state index contributed by atoms with van der Waals surface area (Å²) in [6.45, 7) is 1.73. The van der Waals surface area contributed by atoms with Gasteiger partial charge in [-0.25, -0.2) is 4.79 Å². The van der Waals surface area contributed by atoms with E-state index in [9.17, 15) is 4.79 Å². The van der Waals surface area contributed by atoms with Crippen molar-refractivity contribution < 1.29 is 14.4 Å². The lowest BCUT2D eigenvalue weighted by Gasteiger charge is -2.16. The Balaban J connectivity index is 1.36. The van der Waals surface area contributed by atoms with Gasteiger partial charge in [-0.15, -0.1) is 0 Å². The zero-order chi connectivity index (χ0) is 19.8. The molecule has 0 saturated heterocycles. The van der Waals surface area contributed by atoms with Gasteiger partial charge in [0.05, 0.1) is 5.56 Å². The van der Waals surface area contributed by atoms with Crippen LogP contribution in [0, 0.1) is 0 Å². The molecule has 0 saturated carbocycles. The first-order chi connectivity index (χ1) is 13.6. The summed E-state index contributed by atoms with van der Waals surface area (Å²) in [6, 6.07) is 19.2. The predicted molar refractivity (Wildman–Crippen MR) is 109 cm³/mol. The Morgan fingerprint density at radius 1 is 1.04 bits per heavy atom. The summed E-state index contributed by atoms with van der Waals surface area (Å²) in [4.78, 5) is 13.3. The van der Waals surface area contributed by atoms with Gasteiger partial charge in [-0.1, -0.05) is 54.0 Å².